The molecular formula is C20H16N8O5. The van der Waals surface area contributed by atoms with E-state index in [9.17, 15) is 14.9 Å². The normalized spacial score (nSPS) is 10.9. The topological polar surface area (TPSA) is 171 Å². The quantitative estimate of drug-likeness (QED) is 0.175. The molecule has 13 nitrogen and oxygen atoms in total. The zero-order chi connectivity index (χ0) is 23.2. The highest BCUT2D eigenvalue weighted by atomic mass is 16.6. The second-order valence-electron chi connectivity index (χ2n) is 6.44. The van der Waals surface area contributed by atoms with Gasteiger partial charge in [-0.1, -0.05) is 12.1 Å². The highest BCUT2D eigenvalue weighted by molar-refractivity contribution is 5.90. The van der Waals surface area contributed by atoms with E-state index >= 15 is 0 Å². The molecule has 0 aliphatic heterocycles. The van der Waals surface area contributed by atoms with E-state index in [4.69, 9.17) is 4.74 Å². The van der Waals surface area contributed by atoms with Gasteiger partial charge in [0.25, 0.3) is 5.69 Å². The van der Waals surface area contributed by atoms with E-state index < -0.39 is 10.9 Å². The standard InChI is InChI=1S/C20H16N8O5/c1-2-32-20(29)12-7-9-14(10-8-12)22-16-17(24-19-18(23-16)26-33-27-19)25-21-11-13-5-3-4-6-15(13)28(30)31/h3-11H,2H2,1H3,(H,22,23,26)(H,24,25,27)/b21-11+. The molecule has 0 aliphatic rings. The summed E-state index contributed by atoms with van der Waals surface area (Å²) in [6.45, 7) is 2.01. The van der Waals surface area contributed by atoms with Crippen molar-refractivity contribution in [1.29, 1.82) is 0 Å². The summed E-state index contributed by atoms with van der Waals surface area (Å²) in [7, 11) is 0. The van der Waals surface area contributed by atoms with E-state index in [1.54, 1.807) is 49.4 Å². The van der Waals surface area contributed by atoms with E-state index in [2.05, 4.69) is 40.8 Å². The Morgan fingerprint density at radius 3 is 2.52 bits per heavy atom. The Morgan fingerprint density at radius 2 is 1.82 bits per heavy atom. The fourth-order valence-corrected chi connectivity index (χ4v) is 2.77. The Hall–Kier alpha value is -4.94. The first kappa shape index (κ1) is 21.3. The number of hydrogen-bond donors (Lipinski definition) is 2. The van der Waals surface area contributed by atoms with Gasteiger partial charge in [0.05, 0.1) is 28.9 Å². The summed E-state index contributed by atoms with van der Waals surface area (Å²) in [6.07, 6.45) is 1.29. The largest absolute Gasteiger partial charge is 0.462 e. The smallest absolute Gasteiger partial charge is 0.338 e. The molecule has 2 heterocycles. The van der Waals surface area contributed by atoms with Gasteiger partial charge in [0.15, 0.2) is 11.6 Å². The van der Waals surface area contributed by atoms with Crippen LogP contribution >= 0.6 is 0 Å². The van der Waals surface area contributed by atoms with E-state index in [-0.39, 0.29) is 35.2 Å². The second kappa shape index (κ2) is 9.47. The molecule has 0 spiro atoms. The maximum Gasteiger partial charge on any atom is 0.338 e. The number of benzene rings is 2. The van der Waals surface area contributed by atoms with Crippen LogP contribution in [0.25, 0.3) is 11.3 Å². The van der Waals surface area contributed by atoms with Gasteiger partial charge in [0.2, 0.25) is 11.3 Å². The lowest BCUT2D eigenvalue weighted by molar-refractivity contribution is -0.385. The van der Waals surface area contributed by atoms with Crippen molar-refractivity contribution in [2.75, 3.05) is 17.3 Å². The summed E-state index contributed by atoms with van der Waals surface area (Å²) in [5.74, 6) is -0.0186. The molecule has 0 unspecified atom stereocenters. The van der Waals surface area contributed by atoms with Crippen molar-refractivity contribution >= 4 is 46.5 Å². The SMILES string of the molecule is CCOC(=O)c1ccc(Nc2nc3nonc3nc2N/N=C/c2ccccc2[N+](=O)[O-])cc1. The highest BCUT2D eigenvalue weighted by Gasteiger charge is 2.14. The number of nitrogens with one attached hydrogen (secondary N) is 2. The lowest BCUT2D eigenvalue weighted by Crippen LogP contribution is -2.05. The first-order chi connectivity index (χ1) is 16.0. The van der Waals surface area contributed by atoms with E-state index in [1.807, 2.05) is 0 Å². The third-order valence-electron chi connectivity index (χ3n) is 4.28. The van der Waals surface area contributed by atoms with Gasteiger partial charge < -0.3 is 10.1 Å². The fourth-order valence-electron chi connectivity index (χ4n) is 2.77. The van der Waals surface area contributed by atoms with Crippen molar-refractivity contribution < 1.29 is 19.1 Å². The van der Waals surface area contributed by atoms with Gasteiger partial charge in [-0.25, -0.2) is 14.4 Å². The van der Waals surface area contributed by atoms with Crippen LogP contribution in [0.15, 0.2) is 58.3 Å². The number of hydrazone groups is 1. The summed E-state index contributed by atoms with van der Waals surface area (Å²) in [5.41, 5.74) is 4.21. The molecule has 2 aromatic heterocycles. The Balaban J connectivity index is 1.59. The molecule has 0 amide bonds. The van der Waals surface area contributed by atoms with Crippen molar-refractivity contribution in [2.24, 2.45) is 5.10 Å². The van der Waals surface area contributed by atoms with Gasteiger partial charge in [-0.2, -0.15) is 10.1 Å². The molecule has 0 fully saturated rings. The molecule has 0 saturated carbocycles. The Morgan fingerprint density at radius 1 is 1.12 bits per heavy atom. The van der Waals surface area contributed by atoms with Crippen LogP contribution in [0.3, 0.4) is 0 Å². The van der Waals surface area contributed by atoms with Crippen LogP contribution in [0.2, 0.25) is 0 Å². The maximum atomic E-state index is 11.8. The third kappa shape index (κ3) is 4.87. The fraction of sp³-hybridized carbons (Fsp3) is 0.100. The molecular weight excluding hydrogens is 432 g/mol. The summed E-state index contributed by atoms with van der Waals surface area (Å²) >= 11 is 0. The number of rotatable bonds is 8. The van der Waals surface area contributed by atoms with Crippen molar-refractivity contribution in [3.63, 3.8) is 0 Å². The summed E-state index contributed by atoms with van der Waals surface area (Å²) in [6, 6.07) is 12.7. The van der Waals surface area contributed by atoms with Gasteiger partial charge in [-0.3, -0.25) is 15.5 Å². The van der Waals surface area contributed by atoms with E-state index in [1.165, 1.54) is 12.3 Å². The number of hydrogen-bond acceptors (Lipinski definition) is 12. The predicted octanol–water partition coefficient (Wildman–Crippen LogP) is 3.29. The van der Waals surface area contributed by atoms with Gasteiger partial charge in [-0.05, 0) is 47.6 Å². The minimum absolute atomic E-state index is 0.0923. The number of aromatic nitrogens is 4. The molecule has 166 valence electrons. The van der Waals surface area contributed by atoms with E-state index in [0.717, 1.165) is 0 Å². The predicted molar refractivity (Wildman–Crippen MR) is 117 cm³/mol. The zero-order valence-electron chi connectivity index (χ0n) is 17.1. The molecule has 4 rings (SSSR count). The van der Waals surface area contributed by atoms with Crippen LogP contribution in [0, 0.1) is 10.1 Å². The van der Waals surface area contributed by atoms with Crippen LogP contribution in [0.5, 0.6) is 0 Å². The molecule has 2 aromatic carbocycles. The Kier molecular flexibility index (Phi) is 6.11. The molecule has 13 heteroatoms. The molecule has 0 radical (unpaired) electrons. The van der Waals surface area contributed by atoms with Crippen LogP contribution < -0.4 is 10.7 Å². The number of para-hydroxylation sites is 1. The average Bonchev–Trinajstić information content (AvgIpc) is 3.27. The minimum Gasteiger partial charge on any atom is -0.462 e. The van der Waals surface area contributed by atoms with Crippen LogP contribution in [0.4, 0.5) is 23.0 Å². The number of carbonyl (C=O) groups is 1. The summed E-state index contributed by atoms with van der Waals surface area (Å²) in [4.78, 5) is 31.1. The van der Waals surface area contributed by atoms with Crippen molar-refractivity contribution in [3.05, 3.63) is 69.8 Å². The lowest BCUT2D eigenvalue weighted by atomic mass is 10.2. The molecule has 0 saturated heterocycles. The molecule has 33 heavy (non-hydrogen) atoms. The highest BCUT2D eigenvalue weighted by Crippen LogP contribution is 2.24. The van der Waals surface area contributed by atoms with Crippen molar-refractivity contribution in [2.45, 2.75) is 6.92 Å². The van der Waals surface area contributed by atoms with Gasteiger partial charge in [0, 0.05) is 11.8 Å². The molecule has 0 aliphatic carbocycles. The molecule has 4 aromatic rings. The number of esters is 1. The summed E-state index contributed by atoms with van der Waals surface area (Å²) < 4.78 is 9.63. The van der Waals surface area contributed by atoms with Crippen LogP contribution in [-0.2, 0) is 4.74 Å². The van der Waals surface area contributed by atoms with Crippen LogP contribution in [0.1, 0.15) is 22.8 Å². The maximum absolute atomic E-state index is 11.8. The van der Waals surface area contributed by atoms with Gasteiger partial charge in [-0.15, -0.1) is 0 Å². The number of nitro benzene ring substituents is 1. The van der Waals surface area contributed by atoms with Gasteiger partial charge >= 0.3 is 5.97 Å². The van der Waals surface area contributed by atoms with Crippen molar-refractivity contribution in [1.82, 2.24) is 20.3 Å². The zero-order valence-corrected chi connectivity index (χ0v) is 17.1. The lowest BCUT2D eigenvalue weighted by Gasteiger charge is -2.10. The molecule has 0 atom stereocenters. The van der Waals surface area contributed by atoms with Crippen molar-refractivity contribution in [3.8, 4) is 0 Å². The number of anilines is 3. The average molecular weight is 448 g/mol. The Bertz CT molecular complexity index is 1340. The first-order valence-electron chi connectivity index (χ1n) is 9.62. The van der Waals surface area contributed by atoms with E-state index in [0.29, 0.717) is 16.8 Å². The number of carbonyl (C=O) groups excluding carboxylic acids is 1. The monoisotopic (exact) mass is 448 g/mol. The number of ether oxygens (including phenoxy) is 1. The molecule has 2 N–H and O–H groups in total. The Labute approximate surface area is 185 Å². The number of fused-ring (bicyclic) bond motifs is 1. The first-order valence-corrected chi connectivity index (χ1v) is 9.62. The summed E-state index contributed by atoms with van der Waals surface area (Å²) in [5, 5.41) is 25.6. The van der Waals surface area contributed by atoms with Crippen LogP contribution in [-0.4, -0.2) is 44.0 Å². The minimum atomic E-state index is -0.499. The molecule has 0 bridgehead atoms. The number of nitrogens with zero attached hydrogens (tertiary/aromatic N) is 6. The third-order valence-corrected chi connectivity index (χ3v) is 4.28. The van der Waals surface area contributed by atoms with Gasteiger partial charge in [0.1, 0.15) is 0 Å². The second-order valence-corrected chi connectivity index (χ2v) is 6.44. The number of nitro groups is 1.